The van der Waals surface area contributed by atoms with E-state index in [9.17, 15) is 9.59 Å². The lowest BCUT2D eigenvalue weighted by molar-refractivity contribution is -0.201. The molecule has 1 heterocycles. The molecule has 0 aliphatic carbocycles. The lowest BCUT2D eigenvalue weighted by Crippen LogP contribution is -2.48. The SMILES string of the molecule is COC(=O)c1ccc(N2CCN(OC(=O)C(C)(C)C)CC2)c(N)c1. The molecule has 7 heteroatoms. The van der Waals surface area contributed by atoms with Crippen LogP contribution in [0.3, 0.4) is 0 Å². The van der Waals surface area contributed by atoms with Crippen molar-refractivity contribution >= 4 is 23.3 Å². The maximum absolute atomic E-state index is 11.9. The van der Waals surface area contributed by atoms with Crippen LogP contribution in [-0.2, 0) is 14.4 Å². The summed E-state index contributed by atoms with van der Waals surface area (Å²) in [6.45, 7) is 8.04. The summed E-state index contributed by atoms with van der Waals surface area (Å²) in [6, 6.07) is 5.13. The molecule has 1 fully saturated rings. The summed E-state index contributed by atoms with van der Waals surface area (Å²) < 4.78 is 4.69. The first-order valence-corrected chi connectivity index (χ1v) is 7.92. The standard InChI is InChI=1S/C17H25N3O4/c1-17(2,3)16(22)24-20-9-7-19(8-10-20)14-6-5-12(11-13(14)18)15(21)23-4/h5-6,11H,7-10,18H2,1-4H3. The molecule has 0 saturated carbocycles. The minimum absolute atomic E-state index is 0.238. The summed E-state index contributed by atoms with van der Waals surface area (Å²) >= 11 is 0. The first-order valence-electron chi connectivity index (χ1n) is 7.92. The molecule has 7 nitrogen and oxygen atoms in total. The van der Waals surface area contributed by atoms with E-state index >= 15 is 0 Å². The Kier molecular flexibility index (Phi) is 5.33. The molecule has 2 rings (SSSR count). The van der Waals surface area contributed by atoms with E-state index in [4.69, 9.17) is 15.3 Å². The molecule has 0 spiro atoms. The van der Waals surface area contributed by atoms with Gasteiger partial charge in [0.1, 0.15) is 0 Å². The molecule has 1 aromatic rings. The van der Waals surface area contributed by atoms with Crippen LogP contribution in [0.2, 0.25) is 0 Å². The fourth-order valence-corrected chi connectivity index (χ4v) is 2.36. The van der Waals surface area contributed by atoms with Crippen LogP contribution in [0.5, 0.6) is 0 Å². The number of anilines is 2. The predicted octanol–water partition coefficient (Wildman–Crippen LogP) is 1.68. The number of methoxy groups -OCH3 is 1. The Morgan fingerprint density at radius 1 is 1.12 bits per heavy atom. The van der Waals surface area contributed by atoms with E-state index in [1.165, 1.54) is 7.11 Å². The van der Waals surface area contributed by atoms with Gasteiger partial charge in [-0.25, -0.2) is 9.59 Å². The number of ether oxygens (including phenoxy) is 1. The van der Waals surface area contributed by atoms with Gasteiger partial charge in [-0.3, -0.25) is 0 Å². The average molecular weight is 335 g/mol. The van der Waals surface area contributed by atoms with Gasteiger partial charge < -0.3 is 20.2 Å². The number of nitrogen functional groups attached to an aromatic ring is 1. The highest BCUT2D eigenvalue weighted by molar-refractivity contribution is 5.92. The van der Waals surface area contributed by atoms with Crippen molar-refractivity contribution in [3.8, 4) is 0 Å². The van der Waals surface area contributed by atoms with E-state index in [0.717, 1.165) is 5.69 Å². The van der Waals surface area contributed by atoms with Gasteiger partial charge in [-0.1, -0.05) is 0 Å². The monoisotopic (exact) mass is 335 g/mol. The van der Waals surface area contributed by atoms with E-state index in [2.05, 4.69) is 4.90 Å². The Balaban J connectivity index is 1.97. The summed E-state index contributed by atoms with van der Waals surface area (Å²) in [7, 11) is 1.34. The fraction of sp³-hybridized carbons (Fsp3) is 0.529. The summed E-state index contributed by atoms with van der Waals surface area (Å²) in [4.78, 5) is 31.0. The van der Waals surface area contributed by atoms with Gasteiger partial charge in [-0.05, 0) is 39.0 Å². The predicted molar refractivity (Wildman–Crippen MR) is 91.5 cm³/mol. The number of nitrogens with two attached hydrogens (primary N) is 1. The van der Waals surface area contributed by atoms with Gasteiger partial charge in [0, 0.05) is 13.1 Å². The highest BCUT2D eigenvalue weighted by Crippen LogP contribution is 2.26. The van der Waals surface area contributed by atoms with Crippen molar-refractivity contribution in [1.29, 1.82) is 0 Å². The molecule has 0 unspecified atom stereocenters. The van der Waals surface area contributed by atoms with Gasteiger partial charge in [-0.15, -0.1) is 5.06 Å². The van der Waals surface area contributed by atoms with Gasteiger partial charge in [0.05, 0.1) is 42.6 Å². The zero-order valence-electron chi connectivity index (χ0n) is 14.7. The number of carbonyl (C=O) groups excluding carboxylic acids is 2. The third-order valence-electron chi connectivity index (χ3n) is 3.85. The van der Waals surface area contributed by atoms with E-state index in [-0.39, 0.29) is 5.97 Å². The van der Waals surface area contributed by atoms with Crippen LogP contribution in [-0.4, -0.2) is 50.3 Å². The van der Waals surface area contributed by atoms with E-state index in [1.807, 2.05) is 26.8 Å². The number of rotatable bonds is 3. The number of benzene rings is 1. The topological polar surface area (TPSA) is 85.1 Å². The summed E-state index contributed by atoms with van der Waals surface area (Å²) in [5, 5.41) is 1.68. The van der Waals surface area contributed by atoms with Crippen LogP contribution in [0, 0.1) is 5.41 Å². The second kappa shape index (κ2) is 7.09. The van der Waals surface area contributed by atoms with E-state index in [1.54, 1.807) is 17.2 Å². The van der Waals surface area contributed by atoms with Crippen molar-refractivity contribution in [3.63, 3.8) is 0 Å². The summed E-state index contributed by atoms with van der Waals surface area (Å²) in [6.07, 6.45) is 0. The first-order chi connectivity index (χ1) is 11.2. The molecule has 132 valence electrons. The minimum atomic E-state index is -0.523. The van der Waals surface area contributed by atoms with Crippen LogP contribution >= 0.6 is 0 Å². The van der Waals surface area contributed by atoms with Crippen LogP contribution < -0.4 is 10.6 Å². The molecule has 0 radical (unpaired) electrons. The molecule has 0 bridgehead atoms. The highest BCUT2D eigenvalue weighted by Gasteiger charge is 2.28. The van der Waals surface area contributed by atoms with Crippen LogP contribution in [0.1, 0.15) is 31.1 Å². The lowest BCUT2D eigenvalue weighted by Gasteiger charge is -2.36. The summed E-state index contributed by atoms with van der Waals surface area (Å²) in [5.74, 6) is -0.648. The second-order valence-corrected chi connectivity index (χ2v) is 6.81. The van der Waals surface area contributed by atoms with Crippen molar-refractivity contribution in [2.75, 3.05) is 43.9 Å². The molecule has 0 amide bonds. The smallest absolute Gasteiger partial charge is 0.337 e. The van der Waals surface area contributed by atoms with Gasteiger partial charge in [0.25, 0.3) is 0 Å². The molecule has 1 aliphatic rings. The molecule has 1 saturated heterocycles. The minimum Gasteiger partial charge on any atom is -0.465 e. The number of carbonyl (C=O) groups is 2. The van der Waals surface area contributed by atoms with Gasteiger partial charge >= 0.3 is 11.9 Å². The van der Waals surface area contributed by atoms with Gasteiger partial charge in [-0.2, -0.15) is 0 Å². The third-order valence-corrected chi connectivity index (χ3v) is 3.85. The average Bonchev–Trinajstić information content (AvgIpc) is 2.54. The Hall–Kier alpha value is -2.28. The van der Waals surface area contributed by atoms with E-state index in [0.29, 0.717) is 37.4 Å². The van der Waals surface area contributed by atoms with Crippen molar-refractivity contribution in [2.45, 2.75) is 20.8 Å². The number of piperazine rings is 1. The zero-order valence-corrected chi connectivity index (χ0v) is 14.7. The number of hydroxylamine groups is 2. The Morgan fingerprint density at radius 2 is 1.75 bits per heavy atom. The maximum atomic E-state index is 11.9. The van der Waals surface area contributed by atoms with E-state index < -0.39 is 11.4 Å². The number of hydrogen-bond acceptors (Lipinski definition) is 7. The zero-order chi connectivity index (χ0) is 17.9. The molecule has 1 aliphatic heterocycles. The maximum Gasteiger partial charge on any atom is 0.337 e. The number of hydrogen-bond donors (Lipinski definition) is 1. The molecular weight excluding hydrogens is 310 g/mol. The quantitative estimate of drug-likeness (QED) is 0.664. The molecule has 1 aromatic carbocycles. The second-order valence-electron chi connectivity index (χ2n) is 6.81. The highest BCUT2D eigenvalue weighted by atomic mass is 16.7. The molecular formula is C17H25N3O4. The van der Waals surface area contributed by atoms with Crippen molar-refractivity contribution in [1.82, 2.24) is 5.06 Å². The third kappa shape index (κ3) is 4.17. The fourth-order valence-electron chi connectivity index (χ4n) is 2.36. The van der Waals surface area contributed by atoms with Crippen LogP contribution in [0.25, 0.3) is 0 Å². The number of nitrogens with zero attached hydrogens (tertiary/aromatic N) is 2. The van der Waals surface area contributed by atoms with Crippen molar-refractivity contribution in [3.05, 3.63) is 23.8 Å². The first kappa shape index (κ1) is 18.1. The number of esters is 1. The molecule has 2 N–H and O–H groups in total. The lowest BCUT2D eigenvalue weighted by atomic mass is 9.98. The molecule has 0 atom stereocenters. The largest absolute Gasteiger partial charge is 0.465 e. The molecule has 24 heavy (non-hydrogen) atoms. The Bertz CT molecular complexity index is 617. The Labute approximate surface area is 142 Å². The molecule has 0 aromatic heterocycles. The van der Waals surface area contributed by atoms with Crippen LogP contribution in [0.15, 0.2) is 18.2 Å². The van der Waals surface area contributed by atoms with Crippen molar-refractivity contribution in [2.24, 2.45) is 5.41 Å². The normalized spacial score (nSPS) is 15.9. The van der Waals surface area contributed by atoms with Gasteiger partial charge in [0.2, 0.25) is 0 Å². The van der Waals surface area contributed by atoms with Gasteiger partial charge in [0.15, 0.2) is 0 Å². The Morgan fingerprint density at radius 3 is 2.25 bits per heavy atom. The summed E-state index contributed by atoms with van der Waals surface area (Å²) in [5.41, 5.74) is 7.36. The van der Waals surface area contributed by atoms with Crippen molar-refractivity contribution < 1.29 is 19.2 Å². The van der Waals surface area contributed by atoms with Crippen LogP contribution in [0.4, 0.5) is 11.4 Å².